The number of hydrogen-bond donors (Lipinski definition) is 1. The Morgan fingerprint density at radius 1 is 1.19 bits per heavy atom. The monoisotopic (exact) mass is 379 g/mol. The van der Waals surface area contributed by atoms with E-state index in [4.69, 9.17) is 0 Å². The third-order valence-corrected chi connectivity index (χ3v) is 4.82. The second-order valence-corrected chi connectivity index (χ2v) is 6.95. The van der Waals surface area contributed by atoms with Crippen molar-refractivity contribution >= 4 is 49.6 Å². The SMILES string of the molecule is O=C(Cc1ccc(Br)cc1)Nc1nnc(-c2ccsc2)s1. The van der Waals surface area contributed by atoms with Crippen molar-refractivity contribution in [2.75, 3.05) is 5.32 Å². The summed E-state index contributed by atoms with van der Waals surface area (Å²) in [5, 5.41) is 16.2. The molecular formula is C14H10BrN3OS2. The lowest BCUT2D eigenvalue weighted by molar-refractivity contribution is -0.115. The maximum Gasteiger partial charge on any atom is 0.230 e. The van der Waals surface area contributed by atoms with Crippen LogP contribution in [0, 0.1) is 0 Å². The van der Waals surface area contributed by atoms with Crippen molar-refractivity contribution < 1.29 is 4.79 Å². The van der Waals surface area contributed by atoms with Crippen molar-refractivity contribution in [1.82, 2.24) is 10.2 Å². The number of thiophene rings is 1. The van der Waals surface area contributed by atoms with E-state index in [0.29, 0.717) is 11.6 Å². The van der Waals surface area contributed by atoms with E-state index in [2.05, 4.69) is 31.4 Å². The Labute approximate surface area is 138 Å². The molecule has 1 N–H and O–H groups in total. The minimum absolute atomic E-state index is 0.0923. The highest BCUT2D eigenvalue weighted by Crippen LogP contribution is 2.27. The van der Waals surface area contributed by atoms with E-state index in [9.17, 15) is 4.79 Å². The lowest BCUT2D eigenvalue weighted by Crippen LogP contribution is -2.14. The molecule has 0 saturated heterocycles. The van der Waals surface area contributed by atoms with E-state index >= 15 is 0 Å². The third-order valence-electron chi connectivity index (χ3n) is 2.72. The summed E-state index contributed by atoms with van der Waals surface area (Å²) < 4.78 is 0.996. The molecule has 0 saturated carbocycles. The number of rotatable bonds is 4. The molecule has 0 aliphatic rings. The maximum absolute atomic E-state index is 12.0. The summed E-state index contributed by atoms with van der Waals surface area (Å²) in [6.07, 6.45) is 0.320. The Hall–Kier alpha value is -1.57. The van der Waals surface area contributed by atoms with E-state index < -0.39 is 0 Å². The van der Waals surface area contributed by atoms with Crippen molar-refractivity contribution in [3.05, 3.63) is 51.1 Å². The van der Waals surface area contributed by atoms with Gasteiger partial charge in [-0.1, -0.05) is 39.4 Å². The molecule has 0 unspecified atom stereocenters. The van der Waals surface area contributed by atoms with Gasteiger partial charge in [0.05, 0.1) is 6.42 Å². The van der Waals surface area contributed by atoms with Gasteiger partial charge in [0.1, 0.15) is 5.01 Å². The molecule has 1 aromatic carbocycles. The standard InChI is InChI=1S/C14H10BrN3OS2/c15-11-3-1-9(2-4-11)7-12(19)16-14-18-17-13(21-14)10-5-6-20-8-10/h1-6,8H,7H2,(H,16,18,19). The van der Waals surface area contributed by atoms with Gasteiger partial charge in [-0.2, -0.15) is 11.3 Å². The molecule has 2 heterocycles. The van der Waals surface area contributed by atoms with Gasteiger partial charge in [0.2, 0.25) is 11.0 Å². The van der Waals surface area contributed by atoms with Gasteiger partial charge in [0.15, 0.2) is 0 Å². The molecule has 0 aliphatic heterocycles. The summed E-state index contributed by atoms with van der Waals surface area (Å²) in [4.78, 5) is 12.0. The van der Waals surface area contributed by atoms with Crippen LogP contribution in [0.3, 0.4) is 0 Å². The lowest BCUT2D eigenvalue weighted by atomic mass is 10.1. The first-order valence-electron chi connectivity index (χ1n) is 6.11. The van der Waals surface area contributed by atoms with Crippen molar-refractivity contribution in [2.24, 2.45) is 0 Å². The Bertz CT molecular complexity index is 738. The summed E-state index contributed by atoms with van der Waals surface area (Å²) in [7, 11) is 0. The van der Waals surface area contributed by atoms with Crippen LogP contribution in [0.4, 0.5) is 5.13 Å². The molecule has 0 bridgehead atoms. The van der Waals surface area contributed by atoms with Gasteiger partial charge in [-0.05, 0) is 29.1 Å². The van der Waals surface area contributed by atoms with Gasteiger partial charge in [0.25, 0.3) is 0 Å². The first-order chi connectivity index (χ1) is 10.2. The molecule has 0 spiro atoms. The van der Waals surface area contributed by atoms with Crippen LogP contribution in [0.2, 0.25) is 0 Å². The summed E-state index contributed by atoms with van der Waals surface area (Å²) >= 11 is 6.36. The van der Waals surface area contributed by atoms with Crippen LogP contribution in [-0.2, 0) is 11.2 Å². The van der Waals surface area contributed by atoms with E-state index in [1.807, 2.05) is 41.1 Å². The molecule has 0 fully saturated rings. The zero-order valence-electron chi connectivity index (χ0n) is 10.7. The van der Waals surface area contributed by atoms with E-state index in [1.165, 1.54) is 11.3 Å². The Morgan fingerprint density at radius 2 is 2.00 bits per heavy atom. The maximum atomic E-state index is 12.0. The van der Waals surface area contributed by atoms with Crippen LogP contribution in [0.5, 0.6) is 0 Å². The number of hydrogen-bond acceptors (Lipinski definition) is 5. The second-order valence-electron chi connectivity index (χ2n) is 4.28. The normalized spacial score (nSPS) is 10.5. The zero-order chi connectivity index (χ0) is 14.7. The van der Waals surface area contributed by atoms with Crippen molar-refractivity contribution in [3.8, 4) is 10.6 Å². The number of carbonyl (C=O) groups is 1. The van der Waals surface area contributed by atoms with Crippen molar-refractivity contribution in [3.63, 3.8) is 0 Å². The number of nitrogens with zero attached hydrogens (tertiary/aromatic N) is 2. The average Bonchev–Trinajstić information content (AvgIpc) is 3.12. The molecule has 0 atom stereocenters. The average molecular weight is 380 g/mol. The lowest BCUT2D eigenvalue weighted by Gasteiger charge is -2.01. The number of anilines is 1. The molecule has 7 heteroatoms. The molecule has 0 radical (unpaired) electrons. The van der Waals surface area contributed by atoms with Crippen LogP contribution < -0.4 is 5.32 Å². The van der Waals surface area contributed by atoms with Crippen LogP contribution in [0.25, 0.3) is 10.6 Å². The number of amides is 1. The largest absolute Gasteiger partial charge is 0.300 e. The predicted octanol–water partition coefficient (Wildman–Crippen LogP) is 4.21. The van der Waals surface area contributed by atoms with Gasteiger partial charge in [-0.15, -0.1) is 10.2 Å². The molecule has 4 nitrogen and oxygen atoms in total. The predicted molar refractivity (Wildman–Crippen MR) is 89.7 cm³/mol. The first kappa shape index (κ1) is 14.4. The van der Waals surface area contributed by atoms with Crippen molar-refractivity contribution in [2.45, 2.75) is 6.42 Å². The van der Waals surface area contributed by atoms with Gasteiger partial charge in [-0.25, -0.2) is 0 Å². The molecule has 21 heavy (non-hydrogen) atoms. The van der Waals surface area contributed by atoms with E-state index in [-0.39, 0.29) is 5.91 Å². The van der Waals surface area contributed by atoms with Gasteiger partial charge in [0, 0.05) is 15.4 Å². The van der Waals surface area contributed by atoms with Crippen LogP contribution in [0.15, 0.2) is 45.6 Å². The van der Waals surface area contributed by atoms with Gasteiger partial charge >= 0.3 is 0 Å². The molecule has 1 amide bonds. The molecule has 2 aromatic heterocycles. The third kappa shape index (κ3) is 3.75. The summed E-state index contributed by atoms with van der Waals surface area (Å²) in [6, 6.07) is 9.66. The van der Waals surface area contributed by atoms with Crippen LogP contribution >= 0.6 is 38.6 Å². The molecule has 0 aliphatic carbocycles. The number of nitrogens with one attached hydrogen (secondary N) is 1. The Balaban J connectivity index is 1.64. The van der Waals surface area contributed by atoms with Crippen molar-refractivity contribution in [1.29, 1.82) is 0 Å². The quantitative estimate of drug-likeness (QED) is 0.738. The molecule has 3 aromatic rings. The number of carbonyl (C=O) groups excluding carboxylic acids is 1. The van der Waals surface area contributed by atoms with E-state index in [0.717, 1.165) is 20.6 Å². The molecule has 106 valence electrons. The Kier molecular flexibility index (Phi) is 4.42. The Morgan fingerprint density at radius 3 is 2.71 bits per heavy atom. The highest BCUT2D eigenvalue weighted by Gasteiger charge is 2.10. The highest BCUT2D eigenvalue weighted by molar-refractivity contribution is 9.10. The minimum atomic E-state index is -0.0923. The number of halogens is 1. The topological polar surface area (TPSA) is 54.9 Å². The first-order valence-corrected chi connectivity index (χ1v) is 8.66. The van der Waals surface area contributed by atoms with E-state index in [1.54, 1.807) is 11.3 Å². The fourth-order valence-corrected chi connectivity index (χ4v) is 3.46. The van der Waals surface area contributed by atoms with Gasteiger partial charge in [-0.3, -0.25) is 4.79 Å². The molecule has 3 rings (SSSR count). The minimum Gasteiger partial charge on any atom is -0.300 e. The summed E-state index contributed by atoms with van der Waals surface area (Å²) in [5.41, 5.74) is 1.99. The number of aromatic nitrogens is 2. The summed E-state index contributed by atoms with van der Waals surface area (Å²) in [5.74, 6) is -0.0923. The molecular weight excluding hydrogens is 370 g/mol. The van der Waals surface area contributed by atoms with Crippen LogP contribution in [0.1, 0.15) is 5.56 Å². The highest BCUT2D eigenvalue weighted by atomic mass is 79.9. The smallest absolute Gasteiger partial charge is 0.230 e. The zero-order valence-corrected chi connectivity index (χ0v) is 14.0. The van der Waals surface area contributed by atoms with Gasteiger partial charge < -0.3 is 5.32 Å². The van der Waals surface area contributed by atoms with Crippen LogP contribution in [-0.4, -0.2) is 16.1 Å². The fourth-order valence-electron chi connectivity index (χ4n) is 1.73. The summed E-state index contributed by atoms with van der Waals surface area (Å²) in [6.45, 7) is 0. The number of benzene rings is 1. The fraction of sp³-hybridized carbons (Fsp3) is 0.0714. The second kappa shape index (κ2) is 6.46.